The molecule has 0 aliphatic carbocycles. The first-order chi connectivity index (χ1) is 5.16. The lowest BCUT2D eigenvalue weighted by molar-refractivity contribution is 0.266. The zero-order chi connectivity index (χ0) is 8.91. The monoisotopic (exact) mass is 172 g/mol. The van der Waals surface area contributed by atoms with Crippen LogP contribution in [0.5, 0.6) is 0 Å². The van der Waals surface area contributed by atoms with Gasteiger partial charge in [0.05, 0.1) is 0 Å². The Kier molecular flexibility index (Phi) is 4.33. The molecule has 0 unspecified atom stereocenters. The zero-order valence-corrected chi connectivity index (χ0v) is 8.68. The molecule has 0 N–H and O–H groups in total. The summed E-state index contributed by atoms with van der Waals surface area (Å²) in [4.78, 5) is 0. The van der Waals surface area contributed by atoms with Crippen LogP contribution in [-0.4, -0.2) is 22.8 Å². The highest BCUT2D eigenvalue weighted by Gasteiger charge is 2.33. The molecule has 2 nitrogen and oxygen atoms in total. The molecule has 0 saturated carbocycles. The fourth-order valence-corrected chi connectivity index (χ4v) is 2.80. The van der Waals surface area contributed by atoms with E-state index in [9.17, 15) is 0 Å². The Labute approximate surface area is 69.8 Å². The normalized spacial score (nSPS) is 13.3. The van der Waals surface area contributed by atoms with Crippen molar-refractivity contribution in [3.8, 4) is 0 Å². The van der Waals surface area contributed by atoms with Crippen LogP contribution < -0.4 is 0 Å². The summed E-state index contributed by atoms with van der Waals surface area (Å²) in [6, 6.07) is 0. The van der Waals surface area contributed by atoms with Crippen LogP contribution in [0.2, 0.25) is 0 Å². The molecule has 11 heavy (non-hydrogen) atoms. The standard InChI is InChI=1S/C8H16O2Si/c1-6-8(3)11(7-2,9-4)10-5/h6-7H,2H2,1,3-5H3/b8-6+. The molecule has 0 amide bonds. The van der Waals surface area contributed by atoms with Crippen molar-refractivity contribution in [2.75, 3.05) is 14.2 Å². The highest BCUT2D eigenvalue weighted by molar-refractivity contribution is 6.79. The van der Waals surface area contributed by atoms with Crippen LogP contribution in [-0.2, 0) is 8.85 Å². The van der Waals surface area contributed by atoms with Crippen molar-refractivity contribution in [2.24, 2.45) is 0 Å². The third-order valence-corrected chi connectivity index (χ3v) is 5.00. The molecular formula is C8H16O2Si. The van der Waals surface area contributed by atoms with E-state index in [1.807, 2.05) is 19.9 Å². The lowest BCUT2D eigenvalue weighted by Crippen LogP contribution is -2.39. The van der Waals surface area contributed by atoms with Crippen LogP contribution in [0.3, 0.4) is 0 Å². The summed E-state index contributed by atoms with van der Waals surface area (Å²) in [6.07, 6.45) is 2.00. The third-order valence-electron chi connectivity index (χ3n) is 1.86. The van der Waals surface area contributed by atoms with E-state index in [4.69, 9.17) is 8.85 Å². The summed E-state index contributed by atoms with van der Waals surface area (Å²) < 4.78 is 10.6. The molecule has 0 bridgehead atoms. The summed E-state index contributed by atoms with van der Waals surface area (Å²) in [6.45, 7) is 7.69. The van der Waals surface area contributed by atoms with E-state index in [2.05, 4.69) is 6.58 Å². The Hall–Kier alpha value is -0.383. The van der Waals surface area contributed by atoms with Crippen molar-refractivity contribution < 1.29 is 8.85 Å². The Bertz CT molecular complexity index is 159. The molecule has 0 saturated heterocycles. The van der Waals surface area contributed by atoms with Gasteiger partial charge in [0.1, 0.15) is 0 Å². The second-order valence-corrected chi connectivity index (χ2v) is 5.60. The third kappa shape index (κ3) is 2.02. The maximum atomic E-state index is 5.32. The molecular weight excluding hydrogens is 156 g/mol. The van der Waals surface area contributed by atoms with Gasteiger partial charge in [0.25, 0.3) is 0 Å². The minimum atomic E-state index is -2.20. The highest BCUT2D eigenvalue weighted by atomic mass is 28.4. The van der Waals surface area contributed by atoms with E-state index in [1.54, 1.807) is 19.9 Å². The Balaban J connectivity index is 4.68. The summed E-state index contributed by atoms with van der Waals surface area (Å²) in [7, 11) is 1.12. The van der Waals surface area contributed by atoms with E-state index < -0.39 is 8.56 Å². The maximum Gasteiger partial charge on any atom is 0.393 e. The number of hydrogen-bond acceptors (Lipinski definition) is 2. The van der Waals surface area contributed by atoms with Crippen molar-refractivity contribution in [3.05, 3.63) is 23.6 Å². The van der Waals surface area contributed by atoms with Crippen molar-refractivity contribution in [1.29, 1.82) is 0 Å². The zero-order valence-electron chi connectivity index (χ0n) is 7.68. The maximum absolute atomic E-state index is 5.32. The summed E-state index contributed by atoms with van der Waals surface area (Å²) in [5.74, 6) is 0. The highest BCUT2D eigenvalue weighted by Crippen LogP contribution is 2.16. The molecule has 3 heteroatoms. The second-order valence-electron chi connectivity index (χ2n) is 2.25. The van der Waals surface area contributed by atoms with Gasteiger partial charge in [0.15, 0.2) is 0 Å². The summed E-state index contributed by atoms with van der Waals surface area (Å²) in [5.41, 5.74) is 1.78. The number of allylic oxidation sites excluding steroid dienone is 2. The van der Waals surface area contributed by atoms with Gasteiger partial charge in [0, 0.05) is 14.2 Å². The van der Waals surface area contributed by atoms with Crippen molar-refractivity contribution in [2.45, 2.75) is 13.8 Å². The topological polar surface area (TPSA) is 18.5 Å². The van der Waals surface area contributed by atoms with Gasteiger partial charge in [-0.2, -0.15) is 0 Å². The summed E-state index contributed by atoms with van der Waals surface area (Å²) in [5, 5.41) is 1.14. The molecule has 0 heterocycles. The van der Waals surface area contributed by atoms with E-state index in [0.29, 0.717) is 0 Å². The van der Waals surface area contributed by atoms with Gasteiger partial charge in [-0.3, -0.25) is 0 Å². The Morgan fingerprint density at radius 2 is 1.82 bits per heavy atom. The predicted molar refractivity (Wildman–Crippen MR) is 49.4 cm³/mol. The van der Waals surface area contributed by atoms with Crippen molar-refractivity contribution in [1.82, 2.24) is 0 Å². The molecule has 0 spiro atoms. The van der Waals surface area contributed by atoms with Gasteiger partial charge in [-0.15, -0.1) is 6.58 Å². The van der Waals surface area contributed by atoms with Crippen LogP contribution in [0, 0.1) is 0 Å². The van der Waals surface area contributed by atoms with E-state index in [-0.39, 0.29) is 0 Å². The molecule has 0 aliphatic heterocycles. The first kappa shape index (κ1) is 10.6. The Morgan fingerprint density at radius 1 is 1.36 bits per heavy atom. The molecule has 0 fully saturated rings. The smallest absolute Gasteiger partial charge is 0.392 e. The molecule has 0 atom stereocenters. The van der Waals surface area contributed by atoms with Crippen molar-refractivity contribution in [3.63, 3.8) is 0 Å². The largest absolute Gasteiger partial charge is 0.393 e. The number of rotatable bonds is 4. The van der Waals surface area contributed by atoms with Crippen molar-refractivity contribution >= 4 is 8.56 Å². The first-order valence-corrected chi connectivity index (χ1v) is 5.43. The molecule has 0 rings (SSSR count). The van der Waals surface area contributed by atoms with Gasteiger partial charge in [0.2, 0.25) is 0 Å². The van der Waals surface area contributed by atoms with Gasteiger partial charge in [-0.1, -0.05) is 6.08 Å². The van der Waals surface area contributed by atoms with E-state index in [1.165, 1.54) is 0 Å². The molecule has 64 valence electrons. The van der Waals surface area contributed by atoms with E-state index in [0.717, 1.165) is 5.20 Å². The van der Waals surface area contributed by atoms with Gasteiger partial charge >= 0.3 is 8.56 Å². The first-order valence-electron chi connectivity index (χ1n) is 3.54. The minimum Gasteiger partial charge on any atom is -0.392 e. The SMILES string of the molecule is C=C[Si](OC)(OC)/C(C)=C/C. The van der Waals surface area contributed by atoms with Crippen LogP contribution in [0.1, 0.15) is 13.8 Å². The second kappa shape index (κ2) is 4.49. The molecule has 0 aromatic carbocycles. The molecule has 0 aliphatic rings. The predicted octanol–water partition coefficient (Wildman–Crippen LogP) is 1.95. The van der Waals surface area contributed by atoms with Gasteiger partial charge < -0.3 is 8.85 Å². The molecule has 0 aromatic heterocycles. The average molecular weight is 172 g/mol. The Morgan fingerprint density at radius 3 is 1.91 bits per heavy atom. The quantitative estimate of drug-likeness (QED) is 0.603. The fourth-order valence-electron chi connectivity index (χ4n) is 0.934. The minimum absolute atomic E-state index is 1.14. The number of hydrogen-bond donors (Lipinski definition) is 0. The summed E-state index contributed by atoms with van der Waals surface area (Å²) >= 11 is 0. The lowest BCUT2D eigenvalue weighted by atomic mass is 10.6. The fraction of sp³-hybridized carbons (Fsp3) is 0.500. The molecule has 0 aromatic rings. The van der Waals surface area contributed by atoms with Gasteiger partial charge in [-0.25, -0.2) is 0 Å². The van der Waals surface area contributed by atoms with Crippen LogP contribution in [0.25, 0.3) is 0 Å². The van der Waals surface area contributed by atoms with Crippen LogP contribution >= 0.6 is 0 Å². The van der Waals surface area contributed by atoms with Crippen LogP contribution in [0.4, 0.5) is 0 Å². The lowest BCUT2D eigenvalue weighted by Gasteiger charge is -2.23. The average Bonchev–Trinajstić information content (AvgIpc) is 2.08. The van der Waals surface area contributed by atoms with Gasteiger partial charge in [-0.05, 0) is 24.7 Å². The van der Waals surface area contributed by atoms with E-state index >= 15 is 0 Å². The molecule has 0 radical (unpaired) electrons. The van der Waals surface area contributed by atoms with Crippen LogP contribution in [0.15, 0.2) is 23.6 Å².